The van der Waals surface area contributed by atoms with Crippen LogP contribution in [-0.4, -0.2) is 19.1 Å². The summed E-state index contributed by atoms with van der Waals surface area (Å²) in [4.78, 5) is 14.8. The van der Waals surface area contributed by atoms with E-state index in [2.05, 4.69) is 0 Å². The molecule has 0 spiro atoms. The maximum atomic E-state index is 13.3. The Bertz CT molecular complexity index is 744. The molecule has 5 heteroatoms. The van der Waals surface area contributed by atoms with Gasteiger partial charge in [0.25, 0.3) is 5.91 Å². The molecule has 0 radical (unpaired) electrons. The molecule has 1 atom stereocenters. The zero-order valence-electron chi connectivity index (χ0n) is 13.6. The Morgan fingerprint density at radius 1 is 1.25 bits per heavy atom. The van der Waals surface area contributed by atoms with Gasteiger partial charge in [0.15, 0.2) is 0 Å². The van der Waals surface area contributed by atoms with Crippen molar-refractivity contribution in [2.24, 2.45) is 5.92 Å². The van der Waals surface area contributed by atoms with Gasteiger partial charge in [-0.2, -0.15) is 0 Å². The van der Waals surface area contributed by atoms with Crippen molar-refractivity contribution in [3.8, 4) is 5.75 Å². The summed E-state index contributed by atoms with van der Waals surface area (Å²) in [5.74, 6) is 0.535. The lowest BCUT2D eigenvalue weighted by Gasteiger charge is -2.30. The molecule has 1 aliphatic rings. The van der Waals surface area contributed by atoms with Crippen LogP contribution in [0.3, 0.4) is 0 Å². The second kappa shape index (κ2) is 6.81. The van der Waals surface area contributed by atoms with E-state index in [1.54, 1.807) is 12.0 Å². The minimum absolute atomic E-state index is 0.0482. The number of hydrogen-bond acceptors (Lipinski definition) is 2. The summed E-state index contributed by atoms with van der Waals surface area (Å²) in [5, 5.41) is 0.126. The van der Waals surface area contributed by atoms with Crippen molar-refractivity contribution in [1.29, 1.82) is 0 Å². The van der Waals surface area contributed by atoms with E-state index in [9.17, 15) is 9.18 Å². The molecule has 3 nitrogen and oxygen atoms in total. The molecule has 0 saturated heterocycles. The first-order valence-electron chi connectivity index (χ1n) is 7.94. The molecular weight excluding hydrogens is 329 g/mol. The number of hydrogen-bond donors (Lipinski definition) is 0. The summed E-state index contributed by atoms with van der Waals surface area (Å²) in [7, 11) is 1.60. The van der Waals surface area contributed by atoms with Crippen molar-refractivity contribution in [3.63, 3.8) is 0 Å². The number of ether oxygens (including phenoxy) is 1. The molecule has 0 bridgehead atoms. The summed E-state index contributed by atoms with van der Waals surface area (Å²) in [6.45, 7) is 2.04. The van der Waals surface area contributed by atoms with E-state index >= 15 is 0 Å². The molecule has 0 N–H and O–H groups in total. The Kier molecular flexibility index (Phi) is 4.76. The molecule has 0 aromatic heterocycles. The molecule has 1 fully saturated rings. The fourth-order valence-corrected chi connectivity index (χ4v) is 3.11. The van der Waals surface area contributed by atoms with Gasteiger partial charge in [-0.05, 0) is 68.1 Å². The van der Waals surface area contributed by atoms with Crippen molar-refractivity contribution in [2.75, 3.05) is 12.0 Å². The molecular formula is C19H19ClFNO2. The SMILES string of the molecule is COc1ccc(N(C(=O)c2ccc(F)cc2Cl)[C@H](C)C2CC2)cc1. The monoisotopic (exact) mass is 347 g/mol. The summed E-state index contributed by atoms with van der Waals surface area (Å²) in [6, 6.07) is 11.3. The first-order chi connectivity index (χ1) is 11.5. The summed E-state index contributed by atoms with van der Waals surface area (Å²) in [5.41, 5.74) is 1.09. The standard InChI is InChI=1S/C19H19ClFNO2/c1-12(13-3-4-13)22(15-6-8-16(24-2)9-7-15)19(23)17-10-5-14(21)11-18(17)20/h5-13H,3-4H2,1-2H3/t12-/m1/s1. The van der Waals surface area contributed by atoms with Crippen LogP contribution in [0, 0.1) is 11.7 Å². The molecule has 1 aliphatic carbocycles. The van der Waals surface area contributed by atoms with Gasteiger partial charge in [0.05, 0.1) is 17.7 Å². The Hall–Kier alpha value is -2.07. The maximum absolute atomic E-state index is 13.3. The zero-order chi connectivity index (χ0) is 17.3. The Morgan fingerprint density at radius 2 is 1.92 bits per heavy atom. The number of amides is 1. The molecule has 126 valence electrons. The van der Waals surface area contributed by atoms with Gasteiger partial charge in [0, 0.05) is 11.7 Å². The van der Waals surface area contributed by atoms with Crippen molar-refractivity contribution in [1.82, 2.24) is 0 Å². The number of rotatable bonds is 5. The predicted molar refractivity (Wildman–Crippen MR) is 93.4 cm³/mol. The largest absolute Gasteiger partial charge is 0.497 e. The first kappa shape index (κ1) is 16.8. The van der Waals surface area contributed by atoms with E-state index in [4.69, 9.17) is 16.3 Å². The second-order valence-electron chi connectivity index (χ2n) is 6.08. The Labute approximate surface area is 146 Å². The number of halogens is 2. The highest BCUT2D eigenvalue weighted by Crippen LogP contribution is 2.38. The fourth-order valence-electron chi connectivity index (χ4n) is 2.86. The van der Waals surface area contributed by atoms with E-state index in [0.717, 1.165) is 24.3 Å². The van der Waals surface area contributed by atoms with Gasteiger partial charge < -0.3 is 9.64 Å². The van der Waals surface area contributed by atoms with E-state index in [0.29, 0.717) is 11.5 Å². The minimum atomic E-state index is -0.456. The van der Waals surface area contributed by atoms with Gasteiger partial charge in [-0.25, -0.2) is 4.39 Å². The van der Waals surface area contributed by atoms with Crippen molar-refractivity contribution in [3.05, 3.63) is 58.9 Å². The average molecular weight is 348 g/mol. The number of carbonyl (C=O) groups excluding carboxylic acids is 1. The summed E-state index contributed by atoms with van der Waals surface area (Å²) < 4.78 is 18.5. The lowest BCUT2D eigenvalue weighted by Crippen LogP contribution is -2.40. The molecule has 3 rings (SSSR count). The van der Waals surface area contributed by atoms with Crippen LogP contribution in [0.4, 0.5) is 10.1 Å². The molecule has 1 saturated carbocycles. The third kappa shape index (κ3) is 3.39. The average Bonchev–Trinajstić information content (AvgIpc) is 3.40. The van der Waals surface area contributed by atoms with E-state index in [-0.39, 0.29) is 17.0 Å². The zero-order valence-corrected chi connectivity index (χ0v) is 14.4. The van der Waals surface area contributed by atoms with Crippen LogP contribution in [0.2, 0.25) is 5.02 Å². The Morgan fingerprint density at radius 3 is 2.46 bits per heavy atom. The number of methoxy groups -OCH3 is 1. The van der Waals surface area contributed by atoms with Crippen LogP contribution in [0.15, 0.2) is 42.5 Å². The van der Waals surface area contributed by atoms with Crippen LogP contribution in [-0.2, 0) is 0 Å². The highest BCUT2D eigenvalue weighted by atomic mass is 35.5. The van der Waals surface area contributed by atoms with Crippen LogP contribution < -0.4 is 9.64 Å². The van der Waals surface area contributed by atoms with Gasteiger partial charge in [0.1, 0.15) is 11.6 Å². The number of benzene rings is 2. The minimum Gasteiger partial charge on any atom is -0.497 e. The molecule has 2 aromatic carbocycles. The number of anilines is 1. The van der Waals surface area contributed by atoms with Crippen molar-refractivity contribution >= 4 is 23.2 Å². The van der Waals surface area contributed by atoms with Crippen molar-refractivity contribution < 1.29 is 13.9 Å². The molecule has 0 aliphatic heterocycles. The summed E-state index contributed by atoms with van der Waals surface area (Å²) >= 11 is 6.10. The highest BCUT2D eigenvalue weighted by molar-refractivity contribution is 6.34. The van der Waals surface area contributed by atoms with E-state index < -0.39 is 5.82 Å². The van der Waals surface area contributed by atoms with Gasteiger partial charge in [-0.1, -0.05) is 11.6 Å². The normalized spacial score (nSPS) is 15.0. The van der Waals surface area contributed by atoms with E-state index in [1.165, 1.54) is 18.2 Å². The molecule has 0 heterocycles. The van der Waals surface area contributed by atoms with Crippen LogP contribution in [0.25, 0.3) is 0 Å². The Balaban J connectivity index is 1.98. The quantitative estimate of drug-likeness (QED) is 0.767. The lowest BCUT2D eigenvalue weighted by molar-refractivity contribution is 0.0975. The van der Waals surface area contributed by atoms with Crippen LogP contribution in [0.5, 0.6) is 5.75 Å². The number of carbonyl (C=O) groups is 1. The first-order valence-corrected chi connectivity index (χ1v) is 8.31. The lowest BCUT2D eigenvalue weighted by atomic mass is 10.1. The topological polar surface area (TPSA) is 29.5 Å². The van der Waals surface area contributed by atoms with Crippen LogP contribution in [0.1, 0.15) is 30.1 Å². The summed E-state index contributed by atoms with van der Waals surface area (Å²) in [6.07, 6.45) is 2.22. The predicted octanol–water partition coefficient (Wildman–Crippen LogP) is 4.93. The molecule has 2 aromatic rings. The van der Waals surface area contributed by atoms with Gasteiger partial charge in [-0.3, -0.25) is 4.79 Å². The van der Waals surface area contributed by atoms with Gasteiger partial charge in [0.2, 0.25) is 0 Å². The molecule has 0 unspecified atom stereocenters. The second-order valence-corrected chi connectivity index (χ2v) is 6.48. The van der Waals surface area contributed by atoms with E-state index in [1.807, 2.05) is 31.2 Å². The number of nitrogens with zero attached hydrogens (tertiary/aromatic N) is 1. The smallest absolute Gasteiger partial charge is 0.260 e. The van der Waals surface area contributed by atoms with Gasteiger partial charge in [-0.15, -0.1) is 0 Å². The molecule has 1 amide bonds. The molecule has 24 heavy (non-hydrogen) atoms. The third-order valence-electron chi connectivity index (χ3n) is 4.44. The third-order valence-corrected chi connectivity index (χ3v) is 4.76. The highest BCUT2D eigenvalue weighted by Gasteiger charge is 2.36. The maximum Gasteiger partial charge on any atom is 0.260 e. The van der Waals surface area contributed by atoms with Gasteiger partial charge >= 0.3 is 0 Å². The van der Waals surface area contributed by atoms with Crippen LogP contribution >= 0.6 is 11.6 Å². The fraction of sp³-hybridized carbons (Fsp3) is 0.316. The van der Waals surface area contributed by atoms with Crippen molar-refractivity contribution in [2.45, 2.75) is 25.8 Å².